The van der Waals surface area contributed by atoms with Gasteiger partial charge in [-0.2, -0.15) is 0 Å². The molecule has 0 aliphatic rings. The third kappa shape index (κ3) is 1.65. The Balaban J connectivity index is 2.69. The first kappa shape index (κ1) is 10.9. The van der Waals surface area contributed by atoms with E-state index in [1.807, 2.05) is 17.6 Å². The zero-order chi connectivity index (χ0) is 11.7. The van der Waals surface area contributed by atoms with Crippen molar-refractivity contribution >= 4 is 23.4 Å². The molecular weight excluding hydrogens is 226 g/mol. The first-order chi connectivity index (χ1) is 7.67. The van der Waals surface area contributed by atoms with Gasteiger partial charge in [-0.05, 0) is 25.3 Å². The molecule has 0 spiro atoms. The average Bonchev–Trinajstić information content (AvgIpc) is 2.69. The van der Waals surface area contributed by atoms with Crippen LogP contribution in [0.5, 0.6) is 0 Å². The van der Waals surface area contributed by atoms with E-state index in [2.05, 4.69) is 14.9 Å². The quantitative estimate of drug-likeness (QED) is 0.586. The van der Waals surface area contributed by atoms with Crippen molar-refractivity contribution in [2.24, 2.45) is 0 Å². The summed E-state index contributed by atoms with van der Waals surface area (Å²) in [7, 11) is 1.36. The minimum absolute atomic E-state index is 0.363. The minimum atomic E-state index is -0.363. The molecule has 0 radical (unpaired) electrons. The van der Waals surface area contributed by atoms with Crippen LogP contribution in [0, 0.1) is 6.92 Å². The number of aryl methyl sites for hydroxylation is 1. The van der Waals surface area contributed by atoms with Crippen LogP contribution in [0.4, 0.5) is 0 Å². The van der Waals surface area contributed by atoms with E-state index in [1.54, 1.807) is 12.1 Å². The van der Waals surface area contributed by atoms with Crippen LogP contribution in [0.3, 0.4) is 0 Å². The number of carbonyl (C=O) groups is 1. The maximum atomic E-state index is 11.4. The second-order valence-electron chi connectivity index (χ2n) is 3.22. The van der Waals surface area contributed by atoms with E-state index in [9.17, 15) is 4.79 Å². The predicted octanol–water partition coefficient (Wildman–Crippen LogP) is 1.55. The summed E-state index contributed by atoms with van der Waals surface area (Å²) in [6.45, 7) is 1.87. The maximum Gasteiger partial charge on any atom is 0.338 e. The number of nitrogens with zero attached hydrogens (tertiary/aromatic N) is 3. The number of hydrogen-bond donors (Lipinski definition) is 0. The van der Waals surface area contributed by atoms with Crippen LogP contribution < -0.4 is 0 Å². The van der Waals surface area contributed by atoms with Crippen LogP contribution in [-0.2, 0) is 4.74 Å². The normalized spacial score (nSPS) is 10.7. The fourth-order valence-corrected chi connectivity index (χ4v) is 2.16. The van der Waals surface area contributed by atoms with Crippen molar-refractivity contribution in [3.63, 3.8) is 0 Å². The smallest absolute Gasteiger partial charge is 0.338 e. The monoisotopic (exact) mass is 237 g/mol. The summed E-state index contributed by atoms with van der Waals surface area (Å²) < 4.78 is 6.59. The number of thioether (sulfide) groups is 1. The first-order valence-electron chi connectivity index (χ1n) is 4.65. The second-order valence-corrected chi connectivity index (χ2v) is 4.05. The zero-order valence-electron chi connectivity index (χ0n) is 9.22. The van der Waals surface area contributed by atoms with Crippen molar-refractivity contribution in [2.75, 3.05) is 13.4 Å². The Kier molecular flexibility index (Phi) is 2.82. The number of aromatic nitrogens is 3. The molecule has 0 unspecified atom stereocenters. The van der Waals surface area contributed by atoms with E-state index in [1.165, 1.54) is 18.9 Å². The van der Waals surface area contributed by atoms with E-state index in [0.29, 0.717) is 11.2 Å². The van der Waals surface area contributed by atoms with Crippen molar-refractivity contribution in [2.45, 2.75) is 11.9 Å². The summed E-state index contributed by atoms with van der Waals surface area (Å²) in [5.41, 5.74) is 1.15. The van der Waals surface area contributed by atoms with E-state index in [0.717, 1.165) is 10.9 Å². The van der Waals surface area contributed by atoms with Gasteiger partial charge in [-0.3, -0.25) is 4.40 Å². The molecule has 0 fully saturated rings. The third-order valence-electron chi connectivity index (χ3n) is 2.26. The van der Waals surface area contributed by atoms with Gasteiger partial charge in [0.05, 0.1) is 17.7 Å². The largest absolute Gasteiger partial charge is 0.465 e. The van der Waals surface area contributed by atoms with Crippen LogP contribution in [0.25, 0.3) is 5.65 Å². The van der Waals surface area contributed by atoms with Gasteiger partial charge >= 0.3 is 5.97 Å². The molecule has 0 bridgehead atoms. The summed E-state index contributed by atoms with van der Waals surface area (Å²) in [5.74, 6) is 0.439. The molecule has 0 N–H and O–H groups in total. The molecule has 2 rings (SSSR count). The highest BCUT2D eigenvalue weighted by atomic mass is 32.2. The maximum absolute atomic E-state index is 11.4. The standard InChI is InChI=1S/C10H11N3O2S/c1-6-11-12-8-4-7(10(14)15-2)5-9(16-3)13(6)8/h4-5H,1-3H3. The predicted molar refractivity (Wildman–Crippen MR) is 60.8 cm³/mol. The molecule has 0 aliphatic carbocycles. The van der Waals surface area contributed by atoms with E-state index in [4.69, 9.17) is 0 Å². The first-order valence-corrected chi connectivity index (χ1v) is 5.88. The molecule has 0 saturated carbocycles. The van der Waals surface area contributed by atoms with Gasteiger partial charge in [-0.25, -0.2) is 4.79 Å². The lowest BCUT2D eigenvalue weighted by Gasteiger charge is -2.05. The van der Waals surface area contributed by atoms with Gasteiger partial charge in [0.25, 0.3) is 0 Å². The number of carbonyl (C=O) groups excluding carboxylic acids is 1. The van der Waals surface area contributed by atoms with E-state index in [-0.39, 0.29) is 5.97 Å². The molecule has 5 nitrogen and oxygen atoms in total. The van der Waals surface area contributed by atoms with Gasteiger partial charge < -0.3 is 4.74 Å². The lowest BCUT2D eigenvalue weighted by atomic mass is 10.2. The molecule has 84 valence electrons. The molecule has 2 aromatic rings. The highest BCUT2D eigenvalue weighted by molar-refractivity contribution is 7.98. The molecule has 0 aromatic carbocycles. The van der Waals surface area contributed by atoms with Crippen molar-refractivity contribution in [3.05, 3.63) is 23.5 Å². The van der Waals surface area contributed by atoms with Crippen LogP contribution in [0.2, 0.25) is 0 Å². The Hall–Kier alpha value is -1.56. The minimum Gasteiger partial charge on any atom is -0.465 e. The number of rotatable bonds is 2. The Labute approximate surface area is 96.8 Å². The van der Waals surface area contributed by atoms with Crippen molar-refractivity contribution in [3.8, 4) is 0 Å². The van der Waals surface area contributed by atoms with Gasteiger partial charge in [0.2, 0.25) is 0 Å². The van der Waals surface area contributed by atoms with Crippen LogP contribution in [0.1, 0.15) is 16.2 Å². The van der Waals surface area contributed by atoms with Crippen LogP contribution >= 0.6 is 11.8 Å². The number of hydrogen-bond acceptors (Lipinski definition) is 5. The Morgan fingerprint density at radius 1 is 1.44 bits per heavy atom. The van der Waals surface area contributed by atoms with Gasteiger partial charge in [-0.15, -0.1) is 22.0 Å². The van der Waals surface area contributed by atoms with Crippen LogP contribution in [0.15, 0.2) is 17.2 Å². The second kappa shape index (κ2) is 4.13. The lowest BCUT2D eigenvalue weighted by Crippen LogP contribution is -2.04. The molecule has 2 aromatic heterocycles. The summed E-state index contributed by atoms with van der Waals surface area (Å²) in [6, 6.07) is 3.45. The van der Waals surface area contributed by atoms with E-state index < -0.39 is 0 Å². The highest BCUT2D eigenvalue weighted by Gasteiger charge is 2.12. The van der Waals surface area contributed by atoms with Crippen molar-refractivity contribution in [1.82, 2.24) is 14.6 Å². The summed E-state index contributed by atoms with van der Waals surface area (Å²) in [4.78, 5) is 11.4. The molecule has 0 amide bonds. The van der Waals surface area contributed by atoms with Gasteiger partial charge in [-0.1, -0.05) is 0 Å². The molecule has 0 aliphatic heterocycles. The molecule has 0 saturated heterocycles. The Morgan fingerprint density at radius 3 is 2.81 bits per heavy atom. The number of ether oxygens (including phenoxy) is 1. The van der Waals surface area contributed by atoms with Crippen molar-refractivity contribution < 1.29 is 9.53 Å². The average molecular weight is 237 g/mol. The summed E-state index contributed by atoms with van der Waals surface area (Å²) in [6.07, 6.45) is 1.94. The fourth-order valence-electron chi connectivity index (χ4n) is 1.51. The SMILES string of the molecule is COC(=O)c1cc(SC)n2c(C)nnc2c1. The Morgan fingerprint density at radius 2 is 2.19 bits per heavy atom. The van der Waals surface area contributed by atoms with Gasteiger partial charge in [0, 0.05) is 0 Å². The van der Waals surface area contributed by atoms with Gasteiger partial charge in [0.1, 0.15) is 5.82 Å². The summed E-state index contributed by atoms with van der Waals surface area (Å²) >= 11 is 1.53. The molecule has 16 heavy (non-hydrogen) atoms. The molecule has 6 heteroatoms. The van der Waals surface area contributed by atoms with E-state index >= 15 is 0 Å². The number of esters is 1. The lowest BCUT2D eigenvalue weighted by molar-refractivity contribution is 0.0600. The number of pyridine rings is 1. The van der Waals surface area contributed by atoms with Crippen LogP contribution in [-0.4, -0.2) is 33.9 Å². The summed E-state index contributed by atoms with van der Waals surface area (Å²) in [5, 5.41) is 8.89. The zero-order valence-corrected chi connectivity index (χ0v) is 10.0. The highest BCUT2D eigenvalue weighted by Crippen LogP contribution is 2.20. The Bertz CT molecular complexity index is 550. The van der Waals surface area contributed by atoms with Crippen molar-refractivity contribution in [1.29, 1.82) is 0 Å². The molecule has 0 atom stereocenters. The number of methoxy groups -OCH3 is 1. The fraction of sp³-hybridized carbons (Fsp3) is 0.300. The molecular formula is C10H11N3O2S. The third-order valence-corrected chi connectivity index (χ3v) is 2.98. The van der Waals surface area contributed by atoms with Gasteiger partial charge in [0.15, 0.2) is 5.65 Å². The topological polar surface area (TPSA) is 56.5 Å². The molecule has 2 heterocycles. The number of fused-ring (bicyclic) bond motifs is 1.